The van der Waals surface area contributed by atoms with E-state index in [0.29, 0.717) is 6.04 Å². The Bertz CT molecular complexity index is 311. The molecule has 1 atom stereocenters. The number of hydrogen-bond acceptors (Lipinski definition) is 1. The summed E-state index contributed by atoms with van der Waals surface area (Å²) in [6, 6.07) is 11.0. The average molecular weight is 173 g/mol. The summed E-state index contributed by atoms with van der Waals surface area (Å²) >= 11 is 0. The van der Waals surface area contributed by atoms with Crippen LogP contribution in [0.4, 0.5) is 0 Å². The van der Waals surface area contributed by atoms with Gasteiger partial charge in [0, 0.05) is 5.41 Å². The Morgan fingerprint density at radius 3 is 2.38 bits per heavy atom. The number of benzene rings is 1. The van der Waals surface area contributed by atoms with E-state index in [4.69, 9.17) is 0 Å². The molecule has 1 aromatic rings. The maximum absolute atomic E-state index is 3.38. The van der Waals surface area contributed by atoms with Crippen molar-refractivity contribution >= 4 is 0 Å². The van der Waals surface area contributed by atoms with Crippen molar-refractivity contribution in [2.75, 3.05) is 0 Å². The summed E-state index contributed by atoms with van der Waals surface area (Å²) in [4.78, 5) is 0. The molecule has 0 spiro atoms. The van der Waals surface area contributed by atoms with Crippen LogP contribution in [0.3, 0.4) is 0 Å². The largest absolute Gasteiger partial charge is 0.383 e. The zero-order valence-corrected chi connectivity index (χ0v) is 8.12. The van der Waals surface area contributed by atoms with Crippen LogP contribution in [0.25, 0.3) is 0 Å². The van der Waals surface area contributed by atoms with Crippen molar-refractivity contribution in [2.45, 2.75) is 19.9 Å². The highest BCUT2D eigenvalue weighted by Gasteiger charge is 2.30. The van der Waals surface area contributed by atoms with E-state index in [1.807, 2.05) is 0 Å². The molecule has 0 amide bonds. The molecular formula is C12H15N. The van der Waals surface area contributed by atoms with Gasteiger partial charge in [-0.25, -0.2) is 0 Å². The lowest BCUT2D eigenvalue weighted by molar-refractivity contribution is 0.374. The average Bonchev–Trinajstić information content (AvgIpc) is 2.47. The van der Waals surface area contributed by atoms with Gasteiger partial charge < -0.3 is 5.32 Å². The Hall–Kier alpha value is -1.24. The van der Waals surface area contributed by atoms with Crippen molar-refractivity contribution < 1.29 is 0 Å². The first-order valence-electron chi connectivity index (χ1n) is 4.69. The first-order valence-corrected chi connectivity index (χ1v) is 4.69. The molecule has 68 valence electrons. The maximum atomic E-state index is 3.38. The van der Waals surface area contributed by atoms with Gasteiger partial charge in [-0.15, -0.1) is 0 Å². The highest BCUT2D eigenvalue weighted by molar-refractivity contribution is 5.26. The van der Waals surface area contributed by atoms with Crippen LogP contribution in [-0.4, -0.2) is 0 Å². The molecule has 0 aliphatic carbocycles. The summed E-state index contributed by atoms with van der Waals surface area (Å²) in [5.41, 5.74) is 1.58. The SMILES string of the molecule is CC1(C)C=CNC1c1ccccc1. The zero-order chi connectivity index (χ0) is 9.31. The quantitative estimate of drug-likeness (QED) is 0.688. The third kappa shape index (κ3) is 1.46. The van der Waals surface area contributed by atoms with Gasteiger partial charge in [-0.2, -0.15) is 0 Å². The van der Waals surface area contributed by atoms with Gasteiger partial charge in [0.15, 0.2) is 0 Å². The van der Waals surface area contributed by atoms with Crippen LogP contribution in [0.2, 0.25) is 0 Å². The van der Waals surface area contributed by atoms with E-state index < -0.39 is 0 Å². The Balaban J connectivity index is 2.29. The minimum Gasteiger partial charge on any atom is -0.383 e. The van der Waals surface area contributed by atoms with E-state index in [0.717, 1.165) is 0 Å². The molecule has 0 radical (unpaired) electrons. The summed E-state index contributed by atoms with van der Waals surface area (Å²) in [6.45, 7) is 4.50. The lowest BCUT2D eigenvalue weighted by Crippen LogP contribution is -2.23. The molecule has 1 heteroatoms. The third-order valence-corrected chi connectivity index (χ3v) is 2.65. The minimum atomic E-state index is 0.224. The molecule has 1 nitrogen and oxygen atoms in total. The summed E-state index contributed by atoms with van der Waals surface area (Å²) in [5, 5.41) is 3.38. The lowest BCUT2D eigenvalue weighted by Gasteiger charge is -2.26. The summed E-state index contributed by atoms with van der Waals surface area (Å²) < 4.78 is 0. The van der Waals surface area contributed by atoms with Crippen LogP contribution in [0, 0.1) is 5.41 Å². The van der Waals surface area contributed by atoms with Crippen molar-refractivity contribution in [3.05, 3.63) is 48.2 Å². The Kier molecular flexibility index (Phi) is 1.87. The molecule has 1 aromatic carbocycles. The molecule has 1 heterocycles. The molecule has 1 aliphatic rings. The van der Waals surface area contributed by atoms with Crippen molar-refractivity contribution in [2.24, 2.45) is 5.41 Å². The molecule has 1 N–H and O–H groups in total. The van der Waals surface area contributed by atoms with E-state index in [9.17, 15) is 0 Å². The second-order valence-electron chi connectivity index (χ2n) is 4.17. The van der Waals surface area contributed by atoms with Gasteiger partial charge in [0.1, 0.15) is 0 Å². The smallest absolute Gasteiger partial charge is 0.0594 e. The molecule has 1 unspecified atom stereocenters. The van der Waals surface area contributed by atoms with Crippen LogP contribution in [0.1, 0.15) is 25.5 Å². The van der Waals surface area contributed by atoms with Gasteiger partial charge >= 0.3 is 0 Å². The number of nitrogens with one attached hydrogen (secondary N) is 1. The van der Waals surface area contributed by atoms with Crippen LogP contribution >= 0.6 is 0 Å². The zero-order valence-electron chi connectivity index (χ0n) is 8.12. The Morgan fingerprint density at radius 1 is 1.15 bits per heavy atom. The van der Waals surface area contributed by atoms with E-state index in [2.05, 4.69) is 61.8 Å². The molecule has 0 bridgehead atoms. The van der Waals surface area contributed by atoms with E-state index in [1.165, 1.54) is 5.56 Å². The second-order valence-corrected chi connectivity index (χ2v) is 4.17. The molecule has 1 aliphatic heterocycles. The molecule has 0 saturated heterocycles. The Labute approximate surface area is 79.5 Å². The maximum Gasteiger partial charge on any atom is 0.0594 e. The molecule has 2 rings (SSSR count). The highest BCUT2D eigenvalue weighted by Crippen LogP contribution is 2.37. The van der Waals surface area contributed by atoms with Crippen LogP contribution in [0.5, 0.6) is 0 Å². The van der Waals surface area contributed by atoms with Gasteiger partial charge in [-0.05, 0) is 11.8 Å². The fourth-order valence-electron chi connectivity index (χ4n) is 1.84. The van der Waals surface area contributed by atoms with Gasteiger partial charge in [0.25, 0.3) is 0 Å². The van der Waals surface area contributed by atoms with Crippen LogP contribution in [0.15, 0.2) is 42.6 Å². The first-order chi connectivity index (χ1) is 6.20. The predicted molar refractivity (Wildman–Crippen MR) is 55.2 cm³/mol. The van der Waals surface area contributed by atoms with E-state index in [-0.39, 0.29) is 5.41 Å². The Morgan fingerprint density at radius 2 is 1.85 bits per heavy atom. The molecular weight excluding hydrogens is 158 g/mol. The van der Waals surface area contributed by atoms with Crippen LogP contribution in [-0.2, 0) is 0 Å². The first kappa shape index (κ1) is 8.36. The van der Waals surface area contributed by atoms with Gasteiger partial charge in [-0.3, -0.25) is 0 Å². The lowest BCUT2D eigenvalue weighted by atomic mass is 9.83. The molecule has 0 aromatic heterocycles. The van der Waals surface area contributed by atoms with Crippen molar-refractivity contribution in [1.29, 1.82) is 0 Å². The standard InChI is InChI=1S/C12H15N/c1-12(2)8-9-13-11(12)10-6-4-3-5-7-10/h3-9,11,13H,1-2H3. The monoisotopic (exact) mass is 173 g/mol. The fraction of sp³-hybridized carbons (Fsp3) is 0.333. The molecule has 0 saturated carbocycles. The number of rotatable bonds is 1. The molecule has 13 heavy (non-hydrogen) atoms. The normalized spacial score (nSPS) is 24.3. The van der Waals surface area contributed by atoms with Crippen molar-refractivity contribution in [1.82, 2.24) is 5.32 Å². The summed E-state index contributed by atoms with van der Waals surface area (Å²) in [5.74, 6) is 0. The minimum absolute atomic E-state index is 0.224. The third-order valence-electron chi connectivity index (χ3n) is 2.65. The second kappa shape index (κ2) is 2.91. The van der Waals surface area contributed by atoms with Gasteiger partial charge in [-0.1, -0.05) is 50.3 Å². The van der Waals surface area contributed by atoms with Gasteiger partial charge in [0.05, 0.1) is 6.04 Å². The predicted octanol–water partition coefficient (Wildman–Crippen LogP) is 2.87. The van der Waals surface area contributed by atoms with Crippen molar-refractivity contribution in [3.8, 4) is 0 Å². The topological polar surface area (TPSA) is 12.0 Å². The summed E-state index contributed by atoms with van der Waals surface area (Å²) in [7, 11) is 0. The fourth-order valence-corrected chi connectivity index (χ4v) is 1.84. The van der Waals surface area contributed by atoms with Crippen molar-refractivity contribution in [3.63, 3.8) is 0 Å². The van der Waals surface area contributed by atoms with Gasteiger partial charge in [0.2, 0.25) is 0 Å². The highest BCUT2D eigenvalue weighted by atomic mass is 14.9. The van der Waals surface area contributed by atoms with Crippen LogP contribution < -0.4 is 5.32 Å². The number of hydrogen-bond donors (Lipinski definition) is 1. The van der Waals surface area contributed by atoms with E-state index >= 15 is 0 Å². The summed E-state index contributed by atoms with van der Waals surface area (Å²) in [6.07, 6.45) is 4.28. The molecule has 0 fully saturated rings. The van der Waals surface area contributed by atoms with E-state index in [1.54, 1.807) is 0 Å².